The minimum absolute atomic E-state index is 0.564. The molecule has 18 heavy (non-hydrogen) atoms. The molecule has 1 N–H and O–H groups in total. The van der Waals surface area contributed by atoms with Gasteiger partial charge in [0.25, 0.3) is 0 Å². The normalized spacial score (nSPS) is 16.6. The third-order valence-electron chi connectivity index (χ3n) is 3.43. The summed E-state index contributed by atoms with van der Waals surface area (Å²) in [6.07, 6.45) is 4.19. The van der Waals surface area contributed by atoms with Gasteiger partial charge >= 0.3 is 0 Å². The van der Waals surface area contributed by atoms with Crippen LogP contribution in [0.3, 0.4) is 0 Å². The standard InChI is InChI=1S/C13H23N5/c1-4-18(11-5-8-14-9-6-11)13-15-10-7-12(16-13)17(2)3/h7,10-11,14H,4-6,8-9H2,1-3H3. The van der Waals surface area contributed by atoms with E-state index in [1.54, 1.807) is 0 Å². The van der Waals surface area contributed by atoms with Gasteiger partial charge in [-0.2, -0.15) is 4.98 Å². The van der Waals surface area contributed by atoms with Crippen molar-refractivity contribution in [1.29, 1.82) is 0 Å². The van der Waals surface area contributed by atoms with Crippen molar-refractivity contribution in [2.75, 3.05) is 43.5 Å². The Balaban J connectivity index is 2.18. The Morgan fingerprint density at radius 2 is 2.06 bits per heavy atom. The molecule has 5 nitrogen and oxygen atoms in total. The van der Waals surface area contributed by atoms with E-state index in [2.05, 4.69) is 27.1 Å². The maximum absolute atomic E-state index is 4.64. The van der Waals surface area contributed by atoms with Gasteiger partial charge in [0.2, 0.25) is 5.95 Å². The van der Waals surface area contributed by atoms with Gasteiger partial charge in [-0.25, -0.2) is 4.98 Å². The second-order valence-electron chi connectivity index (χ2n) is 4.88. The third kappa shape index (κ3) is 2.90. The zero-order valence-corrected chi connectivity index (χ0v) is 11.6. The van der Waals surface area contributed by atoms with Crippen LogP contribution in [0.2, 0.25) is 0 Å². The highest BCUT2D eigenvalue weighted by molar-refractivity contribution is 5.43. The molecule has 5 heteroatoms. The molecule has 0 spiro atoms. The molecule has 1 saturated heterocycles. The lowest BCUT2D eigenvalue weighted by Gasteiger charge is -2.34. The Hall–Kier alpha value is -1.36. The topological polar surface area (TPSA) is 44.3 Å². The highest BCUT2D eigenvalue weighted by Crippen LogP contribution is 2.19. The van der Waals surface area contributed by atoms with Crippen molar-refractivity contribution in [3.05, 3.63) is 12.3 Å². The van der Waals surface area contributed by atoms with Crippen molar-refractivity contribution < 1.29 is 0 Å². The Morgan fingerprint density at radius 3 is 2.67 bits per heavy atom. The second kappa shape index (κ2) is 6.00. The first-order valence-electron chi connectivity index (χ1n) is 6.70. The zero-order valence-electron chi connectivity index (χ0n) is 11.6. The highest BCUT2D eigenvalue weighted by Gasteiger charge is 2.22. The number of anilines is 2. The van der Waals surface area contributed by atoms with E-state index in [4.69, 9.17) is 0 Å². The fourth-order valence-corrected chi connectivity index (χ4v) is 2.41. The molecule has 0 unspecified atom stereocenters. The number of piperidine rings is 1. The van der Waals surface area contributed by atoms with Crippen LogP contribution in [0.25, 0.3) is 0 Å². The van der Waals surface area contributed by atoms with Crippen molar-refractivity contribution >= 4 is 11.8 Å². The van der Waals surface area contributed by atoms with Crippen LogP contribution in [0.5, 0.6) is 0 Å². The maximum Gasteiger partial charge on any atom is 0.227 e. The van der Waals surface area contributed by atoms with Gasteiger partial charge in [0.1, 0.15) is 5.82 Å². The first-order valence-corrected chi connectivity index (χ1v) is 6.70. The molecule has 2 rings (SSSR count). The van der Waals surface area contributed by atoms with E-state index >= 15 is 0 Å². The van der Waals surface area contributed by atoms with E-state index < -0.39 is 0 Å². The van der Waals surface area contributed by atoms with Crippen molar-refractivity contribution in [1.82, 2.24) is 15.3 Å². The average Bonchev–Trinajstić information content (AvgIpc) is 2.41. The predicted octanol–water partition coefficient (Wildman–Crippen LogP) is 1.12. The van der Waals surface area contributed by atoms with Crippen LogP contribution >= 0.6 is 0 Å². The van der Waals surface area contributed by atoms with Crippen LogP contribution in [0.15, 0.2) is 12.3 Å². The molecule has 1 aromatic heterocycles. The monoisotopic (exact) mass is 249 g/mol. The molecule has 100 valence electrons. The van der Waals surface area contributed by atoms with Gasteiger partial charge in [-0.1, -0.05) is 0 Å². The second-order valence-corrected chi connectivity index (χ2v) is 4.88. The summed E-state index contributed by atoms with van der Waals surface area (Å²) in [4.78, 5) is 13.4. The summed E-state index contributed by atoms with van der Waals surface area (Å²) >= 11 is 0. The zero-order chi connectivity index (χ0) is 13.0. The fourth-order valence-electron chi connectivity index (χ4n) is 2.41. The first-order chi connectivity index (χ1) is 8.72. The smallest absolute Gasteiger partial charge is 0.227 e. The summed E-state index contributed by atoms with van der Waals surface area (Å²) in [5.74, 6) is 1.82. The van der Waals surface area contributed by atoms with Crippen LogP contribution in [-0.4, -0.2) is 49.7 Å². The number of aromatic nitrogens is 2. The van der Waals surface area contributed by atoms with Gasteiger partial charge < -0.3 is 15.1 Å². The molecule has 1 aliphatic heterocycles. The summed E-state index contributed by atoms with van der Waals surface area (Å²) < 4.78 is 0. The van der Waals surface area contributed by atoms with Crippen molar-refractivity contribution in [2.24, 2.45) is 0 Å². The molecule has 0 amide bonds. The number of nitrogens with zero attached hydrogens (tertiary/aromatic N) is 4. The van der Waals surface area contributed by atoms with E-state index in [1.165, 1.54) is 12.8 Å². The van der Waals surface area contributed by atoms with Crippen molar-refractivity contribution in [3.63, 3.8) is 0 Å². The molecule has 0 aliphatic carbocycles. The van der Waals surface area contributed by atoms with Crippen LogP contribution in [0, 0.1) is 0 Å². The van der Waals surface area contributed by atoms with E-state index in [-0.39, 0.29) is 0 Å². The van der Waals surface area contributed by atoms with Crippen LogP contribution in [0.1, 0.15) is 19.8 Å². The minimum atomic E-state index is 0.564. The van der Waals surface area contributed by atoms with Crippen molar-refractivity contribution in [3.8, 4) is 0 Å². The Morgan fingerprint density at radius 1 is 1.33 bits per heavy atom. The van der Waals surface area contributed by atoms with Gasteiger partial charge in [0.15, 0.2) is 0 Å². The third-order valence-corrected chi connectivity index (χ3v) is 3.43. The maximum atomic E-state index is 4.64. The van der Waals surface area contributed by atoms with E-state index in [1.807, 2.05) is 31.3 Å². The number of nitrogens with one attached hydrogen (secondary N) is 1. The first kappa shape index (κ1) is 13.1. The summed E-state index contributed by atoms with van der Waals surface area (Å²) in [5, 5.41) is 3.40. The molecule has 0 aromatic carbocycles. The lowest BCUT2D eigenvalue weighted by atomic mass is 10.1. The lowest BCUT2D eigenvalue weighted by molar-refractivity contribution is 0.429. The van der Waals surface area contributed by atoms with Gasteiger partial charge in [-0.05, 0) is 38.9 Å². The van der Waals surface area contributed by atoms with Crippen LogP contribution in [0.4, 0.5) is 11.8 Å². The Labute approximate surface area is 109 Å². The minimum Gasteiger partial charge on any atom is -0.363 e. The molecule has 1 fully saturated rings. The highest BCUT2D eigenvalue weighted by atomic mass is 15.3. The van der Waals surface area contributed by atoms with Gasteiger partial charge in [-0.15, -0.1) is 0 Å². The van der Waals surface area contributed by atoms with Gasteiger partial charge in [-0.3, -0.25) is 0 Å². The number of hydrogen-bond donors (Lipinski definition) is 1. The molecular weight excluding hydrogens is 226 g/mol. The summed E-state index contributed by atoms with van der Waals surface area (Å²) in [6, 6.07) is 2.51. The van der Waals surface area contributed by atoms with Crippen LogP contribution < -0.4 is 15.1 Å². The van der Waals surface area contributed by atoms with E-state index in [9.17, 15) is 0 Å². The summed E-state index contributed by atoms with van der Waals surface area (Å²) in [7, 11) is 4.01. The quantitative estimate of drug-likeness (QED) is 0.866. The fraction of sp³-hybridized carbons (Fsp3) is 0.692. The number of rotatable bonds is 4. The number of hydrogen-bond acceptors (Lipinski definition) is 5. The van der Waals surface area contributed by atoms with Crippen LogP contribution in [-0.2, 0) is 0 Å². The predicted molar refractivity (Wildman–Crippen MR) is 75.3 cm³/mol. The molecular formula is C13H23N5. The molecule has 1 aromatic rings. The summed E-state index contributed by atoms with van der Waals surface area (Å²) in [6.45, 7) is 5.32. The Bertz CT molecular complexity index is 373. The molecule has 0 saturated carbocycles. The van der Waals surface area contributed by atoms with Gasteiger partial charge in [0.05, 0.1) is 0 Å². The molecule has 0 radical (unpaired) electrons. The molecule has 2 heterocycles. The van der Waals surface area contributed by atoms with E-state index in [0.717, 1.165) is 31.4 Å². The Kier molecular flexibility index (Phi) is 4.36. The largest absolute Gasteiger partial charge is 0.363 e. The average molecular weight is 249 g/mol. The van der Waals surface area contributed by atoms with E-state index in [0.29, 0.717) is 6.04 Å². The SMILES string of the molecule is CCN(c1nccc(N(C)C)n1)C1CCNCC1. The lowest BCUT2D eigenvalue weighted by Crippen LogP contribution is -2.44. The van der Waals surface area contributed by atoms with Crippen molar-refractivity contribution in [2.45, 2.75) is 25.8 Å². The van der Waals surface area contributed by atoms with Gasteiger partial charge in [0, 0.05) is 32.9 Å². The molecule has 0 atom stereocenters. The molecule has 0 bridgehead atoms. The molecule has 1 aliphatic rings. The summed E-state index contributed by atoms with van der Waals surface area (Å²) in [5.41, 5.74) is 0.